The highest BCUT2D eigenvalue weighted by Crippen LogP contribution is 2.41. The largest absolute Gasteiger partial charge is 0.342 e. The van der Waals surface area contributed by atoms with E-state index in [0.29, 0.717) is 19.6 Å². The summed E-state index contributed by atoms with van der Waals surface area (Å²) in [5.74, 6) is 0.0342. The van der Waals surface area contributed by atoms with E-state index in [1.807, 2.05) is 11.8 Å². The van der Waals surface area contributed by atoms with Crippen molar-refractivity contribution in [2.45, 2.75) is 38.6 Å². The number of imidazole rings is 1. The number of hydrogen-bond donors (Lipinski definition) is 0. The second kappa shape index (κ2) is 8.22. The Labute approximate surface area is 187 Å². The number of benzene rings is 1. The number of piperidine rings is 1. The quantitative estimate of drug-likeness (QED) is 0.488. The summed E-state index contributed by atoms with van der Waals surface area (Å²) in [6, 6.07) is 14.8. The molecule has 1 aromatic carbocycles. The summed E-state index contributed by atoms with van der Waals surface area (Å²) in [6.45, 7) is 6.02. The summed E-state index contributed by atoms with van der Waals surface area (Å²) in [7, 11) is 0. The summed E-state index contributed by atoms with van der Waals surface area (Å²) >= 11 is 0. The van der Waals surface area contributed by atoms with Gasteiger partial charge in [-0.05, 0) is 43.0 Å². The Morgan fingerprint density at radius 3 is 2.66 bits per heavy atom. The molecule has 164 valence electrons. The van der Waals surface area contributed by atoms with Crippen LogP contribution in [0, 0.1) is 12.8 Å². The van der Waals surface area contributed by atoms with Gasteiger partial charge in [0.15, 0.2) is 0 Å². The molecule has 1 atom stereocenters. The second-order valence-electron chi connectivity index (χ2n) is 8.89. The van der Waals surface area contributed by atoms with E-state index in [1.54, 1.807) is 11.0 Å². The minimum absolute atomic E-state index is 0.140. The van der Waals surface area contributed by atoms with Gasteiger partial charge in [-0.1, -0.05) is 37.3 Å². The summed E-state index contributed by atoms with van der Waals surface area (Å²) in [5, 5.41) is 4.14. The monoisotopic (exact) mass is 428 g/mol. The maximum absolute atomic E-state index is 13.1. The Hall–Kier alpha value is -3.48. The van der Waals surface area contributed by atoms with Crippen LogP contribution in [0.5, 0.6) is 0 Å². The number of nitrogens with zero attached hydrogens (tertiary/aromatic N) is 6. The number of rotatable bonds is 5. The van der Waals surface area contributed by atoms with E-state index < -0.39 is 0 Å². The SMILES string of the molecule is Cc1ccn2cc(C3(c4ccccc4)CCN(C(=O)C(C)Cn4cncn4)CC3)nc2c1. The molecule has 1 saturated heterocycles. The lowest BCUT2D eigenvalue weighted by Crippen LogP contribution is -2.47. The molecule has 1 amide bonds. The lowest BCUT2D eigenvalue weighted by atomic mass is 9.70. The number of likely N-dealkylation sites (tertiary alicyclic amines) is 1. The molecule has 0 bridgehead atoms. The van der Waals surface area contributed by atoms with Gasteiger partial charge in [0, 0.05) is 30.9 Å². The van der Waals surface area contributed by atoms with Crippen molar-refractivity contribution in [1.82, 2.24) is 29.0 Å². The Bertz CT molecular complexity index is 1210. The third-order valence-electron chi connectivity index (χ3n) is 6.71. The summed E-state index contributed by atoms with van der Waals surface area (Å²) in [4.78, 5) is 24.2. The maximum Gasteiger partial charge on any atom is 0.227 e. The van der Waals surface area contributed by atoms with Gasteiger partial charge in [0.25, 0.3) is 0 Å². The molecule has 0 saturated carbocycles. The number of aromatic nitrogens is 5. The van der Waals surface area contributed by atoms with Crippen molar-refractivity contribution in [1.29, 1.82) is 0 Å². The van der Waals surface area contributed by atoms with Crippen LogP contribution in [0.25, 0.3) is 5.65 Å². The summed E-state index contributed by atoms with van der Waals surface area (Å²) in [6.07, 6.45) is 9.09. The van der Waals surface area contributed by atoms with Gasteiger partial charge in [-0.3, -0.25) is 9.48 Å². The van der Waals surface area contributed by atoms with Gasteiger partial charge >= 0.3 is 0 Å². The van der Waals surface area contributed by atoms with E-state index in [0.717, 1.165) is 24.2 Å². The van der Waals surface area contributed by atoms with Crippen molar-refractivity contribution in [3.63, 3.8) is 0 Å². The van der Waals surface area contributed by atoms with E-state index in [2.05, 4.69) is 76.3 Å². The van der Waals surface area contributed by atoms with E-state index in [-0.39, 0.29) is 17.2 Å². The number of amides is 1. The Morgan fingerprint density at radius 1 is 1.16 bits per heavy atom. The molecule has 0 N–H and O–H groups in total. The van der Waals surface area contributed by atoms with E-state index in [1.165, 1.54) is 17.5 Å². The van der Waals surface area contributed by atoms with Crippen molar-refractivity contribution in [3.05, 3.63) is 84.3 Å². The number of carbonyl (C=O) groups excluding carboxylic acids is 1. The number of pyridine rings is 1. The fourth-order valence-electron chi connectivity index (χ4n) is 4.87. The van der Waals surface area contributed by atoms with Gasteiger partial charge in [0.05, 0.1) is 18.2 Å². The molecule has 7 nitrogen and oxygen atoms in total. The number of aryl methyl sites for hydroxylation is 1. The molecule has 1 aliphatic rings. The highest BCUT2D eigenvalue weighted by molar-refractivity contribution is 5.78. The van der Waals surface area contributed by atoms with Crippen LogP contribution >= 0.6 is 0 Å². The standard InChI is InChI=1S/C25H28N6O/c1-19-8-11-30-16-22(28-23(30)14-19)25(21-6-4-3-5-7-21)9-12-29(13-10-25)24(32)20(2)15-31-18-26-17-27-31/h3-8,11,14,16-18,20H,9-10,12-13,15H2,1-2H3. The summed E-state index contributed by atoms with van der Waals surface area (Å²) in [5.41, 5.74) is 4.31. The van der Waals surface area contributed by atoms with Crippen LogP contribution in [0.1, 0.15) is 36.6 Å². The van der Waals surface area contributed by atoms with E-state index >= 15 is 0 Å². The van der Waals surface area contributed by atoms with Crippen LogP contribution in [-0.2, 0) is 16.8 Å². The van der Waals surface area contributed by atoms with Gasteiger partial charge in [0.2, 0.25) is 5.91 Å². The van der Waals surface area contributed by atoms with Crippen molar-refractivity contribution < 1.29 is 4.79 Å². The first-order valence-electron chi connectivity index (χ1n) is 11.2. The normalized spacial score (nSPS) is 16.9. The minimum Gasteiger partial charge on any atom is -0.342 e. The van der Waals surface area contributed by atoms with Crippen LogP contribution in [-0.4, -0.2) is 48.0 Å². The highest BCUT2D eigenvalue weighted by atomic mass is 16.2. The van der Waals surface area contributed by atoms with E-state index in [9.17, 15) is 4.79 Å². The van der Waals surface area contributed by atoms with E-state index in [4.69, 9.17) is 4.98 Å². The first-order chi connectivity index (χ1) is 15.5. The highest BCUT2D eigenvalue weighted by Gasteiger charge is 2.41. The molecule has 1 unspecified atom stereocenters. The Kier molecular flexibility index (Phi) is 5.25. The molecule has 0 radical (unpaired) electrons. The van der Waals surface area contributed by atoms with Crippen molar-refractivity contribution in [2.75, 3.05) is 13.1 Å². The Balaban J connectivity index is 1.41. The zero-order valence-electron chi connectivity index (χ0n) is 18.6. The molecular weight excluding hydrogens is 400 g/mol. The predicted molar refractivity (Wildman–Crippen MR) is 122 cm³/mol. The fraction of sp³-hybridized carbons (Fsp3) is 0.360. The second-order valence-corrected chi connectivity index (χ2v) is 8.89. The number of fused-ring (bicyclic) bond motifs is 1. The third-order valence-corrected chi connectivity index (χ3v) is 6.71. The van der Waals surface area contributed by atoms with Gasteiger partial charge in [-0.15, -0.1) is 0 Å². The average molecular weight is 429 g/mol. The molecule has 3 aromatic heterocycles. The van der Waals surface area contributed by atoms with Crippen LogP contribution in [0.3, 0.4) is 0 Å². The van der Waals surface area contributed by atoms with Crippen LogP contribution in [0.2, 0.25) is 0 Å². The van der Waals surface area contributed by atoms with Crippen LogP contribution in [0.4, 0.5) is 0 Å². The van der Waals surface area contributed by atoms with Gasteiger partial charge < -0.3 is 9.30 Å². The van der Waals surface area contributed by atoms with Crippen molar-refractivity contribution >= 4 is 11.6 Å². The minimum atomic E-state index is -0.201. The zero-order valence-corrected chi connectivity index (χ0v) is 18.6. The third kappa shape index (κ3) is 3.68. The van der Waals surface area contributed by atoms with Gasteiger partial charge in [-0.25, -0.2) is 9.97 Å². The van der Waals surface area contributed by atoms with Crippen molar-refractivity contribution in [2.24, 2.45) is 5.92 Å². The van der Waals surface area contributed by atoms with Gasteiger partial charge in [-0.2, -0.15) is 5.10 Å². The number of hydrogen-bond acceptors (Lipinski definition) is 4. The Morgan fingerprint density at radius 2 is 1.94 bits per heavy atom. The van der Waals surface area contributed by atoms with Gasteiger partial charge in [0.1, 0.15) is 18.3 Å². The lowest BCUT2D eigenvalue weighted by molar-refractivity contribution is -0.137. The molecule has 5 rings (SSSR count). The van der Waals surface area contributed by atoms with Crippen LogP contribution < -0.4 is 0 Å². The summed E-state index contributed by atoms with van der Waals surface area (Å²) < 4.78 is 3.82. The first kappa shape index (κ1) is 20.4. The molecule has 0 aliphatic carbocycles. The molecule has 1 fully saturated rings. The molecule has 4 heterocycles. The average Bonchev–Trinajstić information content (AvgIpc) is 3.49. The maximum atomic E-state index is 13.1. The number of carbonyl (C=O) groups is 1. The molecule has 0 spiro atoms. The molecule has 4 aromatic rings. The fourth-order valence-corrected chi connectivity index (χ4v) is 4.87. The molecule has 1 aliphatic heterocycles. The topological polar surface area (TPSA) is 68.3 Å². The van der Waals surface area contributed by atoms with Crippen LogP contribution in [0.15, 0.2) is 67.5 Å². The predicted octanol–water partition coefficient (Wildman–Crippen LogP) is 3.48. The molecule has 7 heteroatoms. The first-order valence-corrected chi connectivity index (χ1v) is 11.2. The molecular formula is C25H28N6O. The zero-order chi connectivity index (χ0) is 22.1. The smallest absolute Gasteiger partial charge is 0.227 e. The van der Waals surface area contributed by atoms with Crippen molar-refractivity contribution in [3.8, 4) is 0 Å². The lowest BCUT2D eigenvalue weighted by Gasteiger charge is -2.42. The molecule has 32 heavy (non-hydrogen) atoms.